The van der Waals surface area contributed by atoms with Gasteiger partial charge in [0.1, 0.15) is 5.75 Å². The Morgan fingerprint density at radius 2 is 2.12 bits per heavy atom. The van der Waals surface area contributed by atoms with Crippen LogP contribution in [0, 0.1) is 5.92 Å². The van der Waals surface area contributed by atoms with Crippen molar-refractivity contribution in [1.82, 2.24) is 0 Å². The molecule has 1 aliphatic heterocycles. The average Bonchev–Trinajstić information content (AvgIpc) is 2.19. The van der Waals surface area contributed by atoms with Gasteiger partial charge < -0.3 is 10.2 Å². The number of ketones is 1. The number of carbonyl (C=O) groups excluding carboxylic acids is 1. The van der Waals surface area contributed by atoms with Crippen LogP contribution in [-0.2, 0) is 4.79 Å². The van der Waals surface area contributed by atoms with Gasteiger partial charge in [-0.15, -0.1) is 0 Å². The molecule has 6 heteroatoms. The van der Waals surface area contributed by atoms with Crippen molar-refractivity contribution in [1.29, 1.82) is 0 Å². The molecule has 0 amide bonds. The summed E-state index contributed by atoms with van der Waals surface area (Å²) >= 11 is 5.77. The molecule has 0 radical (unpaired) electrons. The lowest BCUT2D eigenvalue weighted by Gasteiger charge is -2.15. The van der Waals surface area contributed by atoms with E-state index < -0.39 is 17.7 Å². The van der Waals surface area contributed by atoms with Gasteiger partial charge in [0.15, 0.2) is 11.7 Å². The molecule has 1 heterocycles. The van der Waals surface area contributed by atoms with Crippen molar-refractivity contribution in [2.24, 2.45) is 10.9 Å². The minimum atomic E-state index is -1.31. The van der Waals surface area contributed by atoms with Crippen LogP contribution < -0.4 is 0 Å². The first-order valence-electron chi connectivity index (χ1n) is 4.34. The smallest absolute Gasteiger partial charge is 0.319 e. The number of carbonyl (C=O) groups is 2. The second kappa shape index (κ2) is 3.61. The summed E-state index contributed by atoms with van der Waals surface area (Å²) < 4.78 is 0. The summed E-state index contributed by atoms with van der Waals surface area (Å²) in [6.45, 7) is 0. The third-order valence-electron chi connectivity index (χ3n) is 2.21. The lowest BCUT2D eigenvalue weighted by Crippen LogP contribution is -2.27. The number of Topliss-reactive ketones (excluding diaryl/α,β-unsaturated/α-hetero) is 1. The van der Waals surface area contributed by atoms with Crippen LogP contribution in [-0.4, -0.2) is 28.2 Å². The van der Waals surface area contributed by atoms with Gasteiger partial charge in [0.25, 0.3) is 0 Å². The van der Waals surface area contributed by atoms with Gasteiger partial charge in [0.05, 0.1) is 10.7 Å². The summed E-state index contributed by atoms with van der Waals surface area (Å²) in [5, 5.41) is 18.2. The van der Waals surface area contributed by atoms with Crippen LogP contribution in [0.25, 0.3) is 0 Å². The number of aliphatic carboxylic acids is 1. The lowest BCUT2D eigenvalue weighted by atomic mass is 9.94. The Morgan fingerprint density at radius 3 is 2.75 bits per heavy atom. The molecule has 0 fully saturated rings. The molecule has 0 saturated heterocycles. The maximum absolute atomic E-state index is 11.7. The molecule has 5 nitrogen and oxygen atoms in total. The normalized spacial score (nSPS) is 18.3. The van der Waals surface area contributed by atoms with Crippen molar-refractivity contribution < 1.29 is 19.8 Å². The predicted octanol–water partition coefficient (Wildman–Crippen LogP) is 1.65. The number of halogens is 1. The number of hydrogen-bond donors (Lipinski definition) is 2. The van der Waals surface area contributed by atoms with Crippen LogP contribution in [0.5, 0.6) is 5.75 Å². The standard InChI is InChI=1S/C10H6ClNO4/c11-7-2-4(13)1-5-8(7)12-3-6(9(5)14)10(15)16/h1-3,6,13H,(H,15,16). The molecular formula is C10H6ClNO4. The SMILES string of the molecule is O=C(O)C1C=Nc2c(Cl)cc(O)cc2C1=O. The van der Waals surface area contributed by atoms with E-state index in [1.165, 1.54) is 6.07 Å². The molecule has 0 spiro atoms. The molecule has 0 bridgehead atoms. The molecular weight excluding hydrogens is 234 g/mol. The van der Waals surface area contributed by atoms with E-state index in [-0.39, 0.29) is 22.0 Å². The zero-order valence-corrected chi connectivity index (χ0v) is 8.60. The van der Waals surface area contributed by atoms with Crippen molar-refractivity contribution in [3.63, 3.8) is 0 Å². The quantitative estimate of drug-likeness (QED) is 0.730. The van der Waals surface area contributed by atoms with Gasteiger partial charge >= 0.3 is 5.97 Å². The summed E-state index contributed by atoms with van der Waals surface area (Å²) in [4.78, 5) is 26.3. The Kier molecular flexibility index (Phi) is 2.40. The van der Waals surface area contributed by atoms with E-state index in [4.69, 9.17) is 16.7 Å². The van der Waals surface area contributed by atoms with Crippen LogP contribution in [0.4, 0.5) is 5.69 Å². The number of aromatic hydroxyl groups is 1. The third-order valence-corrected chi connectivity index (χ3v) is 2.50. The van der Waals surface area contributed by atoms with E-state index in [1.807, 2.05) is 0 Å². The van der Waals surface area contributed by atoms with E-state index in [0.717, 1.165) is 12.3 Å². The summed E-state index contributed by atoms with van der Waals surface area (Å²) in [6, 6.07) is 2.40. The number of carboxylic acid groups (broad SMARTS) is 1. The second-order valence-corrected chi connectivity index (χ2v) is 3.69. The second-order valence-electron chi connectivity index (χ2n) is 3.28. The third kappa shape index (κ3) is 1.55. The Labute approximate surface area is 95.0 Å². The number of rotatable bonds is 1. The fourth-order valence-electron chi connectivity index (χ4n) is 1.46. The molecule has 0 saturated carbocycles. The van der Waals surface area contributed by atoms with Gasteiger partial charge in [-0.1, -0.05) is 11.6 Å². The van der Waals surface area contributed by atoms with Gasteiger partial charge in [-0.05, 0) is 6.07 Å². The Hall–Kier alpha value is -1.88. The average molecular weight is 240 g/mol. The lowest BCUT2D eigenvalue weighted by molar-refractivity contribution is -0.137. The number of nitrogens with zero attached hydrogens (tertiary/aromatic N) is 1. The fraction of sp³-hybridized carbons (Fsp3) is 0.100. The van der Waals surface area contributed by atoms with E-state index in [0.29, 0.717) is 0 Å². The van der Waals surface area contributed by atoms with Crippen LogP contribution in [0.15, 0.2) is 17.1 Å². The van der Waals surface area contributed by atoms with Gasteiger partial charge in [-0.2, -0.15) is 0 Å². The summed E-state index contributed by atoms with van der Waals surface area (Å²) in [7, 11) is 0. The van der Waals surface area contributed by atoms with Crippen LogP contribution in [0.3, 0.4) is 0 Å². The van der Waals surface area contributed by atoms with E-state index in [9.17, 15) is 14.7 Å². The van der Waals surface area contributed by atoms with Crippen molar-refractivity contribution in [2.45, 2.75) is 0 Å². The highest BCUT2D eigenvalue weighted by molar-refractivity contribution is 6.35. The van der Waals surface area contributed by atoms with Gasteiger partial charge in [0, 0.05) is 17.8 Å². The largest absolute Gasteiger partial charge is 0.508 e. The molecule has 16 heavy (non-hydrogen) atoms. The maximum atomic E-state index is 11.7. The number of aliphatic imine (C=N–C) groups is 1. The van der Waals surface area contributed by atoms with E-state index in [2.05, 4.69) is 4.99 Å². The highest BCUT2D eigenvalue weighted by Crippen LogP contribution is 2.36. The molecule has 0 aliphatic carbocycles. The number of phenols is 1. The monoisotopic (exact) mass is 239 g/mol. The Bertz CT molecular complexity index is 524. The van der Waals surface area contributed by atoms with Gasteiger partial charge in [0.2, 0.25) is 0 Å². The molecule has 2 rings (SSSR count). The van der Waals surface area contributed by atoms with Crippen LogP contribution in [0.1, 0.15) is 10.4 Å². The molecule has 2 N–H and O–H groups in total. The minimum Gasteiger partial charge on any atom is -0.508 e. The van der Waals surface area contributed by atoms with Crippen molar-refractivity contribution in [3.05, 3.63) is 22.7 Å². The topological polar surface area (TPSA) is 87.0 Å². The van der Waals surface area contributed by atoms with Gasteiger partial charge in [-0.25, -0.2) is 0 Å². The van der Waals surface area contributed by atoms with E-state index in [1.54, 1.807) is 0 Å². The van der Waals surface area contributed by atoms with Crippen molar-refractivity contribution in [2.75, 3.05) is 0 Å². The molecule has 0 aromatic heterocycles. The zero-order valence-electron chi connectivity index (χ0n) is 7.85. The highest BCUT2D eigenvalue weighted by atomic mass is 35.5. The highest BCUT2D eigenvalue weighted by Gasteiger charge is 2.31. The zero-order chi connectivity index (χ0) is 11.9. The molecule has 82 valence electrons. The molecule has 1 aromatic rings. The molecule has 1 atom stereocenters. The first-order chi connectivity index (χ1) is 7.50. The van der Waals surface area contributed by atoms with Crippen LogP contribution >= 0.6 is 11.6 Å². The van der Waals surface area contributed by atoms with E-state index >= 15 is 0 Å². The number of hydrogen-bond acceptors (Lipinski definition) is 4. The first-order valence-corrected chi connectivity index (χ1v) is 4.72. The molecule has 1 aliphatic rings. The number of benzene rings is 1. The maximum Gasteiger partial charge on any atom is 0.319 e. The summed E-state index contributed by atoms with van der Waals surface area (Å²) in [6.07, 6.45) is 1.04. The molecule has 1 unspecified atom stereocenters. The first kappa shape index (κ1) is 10.6. The molecule has 1 aromatic carbocycles. The predicted molar refractivity (Wildman–Crippen MR) is 56.7 cm³/mol. The van der Waals surface area contributed by atoms with Crippen LogP contribution in [0.2, 0.25) is 5.02 Å². The Balaban J connectivity index is 2.60. The van der Waals surface area contributed by atoms with Crippen molar-refractivity contribution >= 4 is 35.3 Å². The minimum absolute atomic E-state index is 0.0277. The Morgan fingerprint density at radius 1 is 1.44 bits per heavy atom. The number of carboxylic acids is 1. The number of fused-ring (bicyclic) bond motifs is 1. The van der Waals surface area contributed by atoms with Crippen molar-refractivity contribution in [3.8, 4) is 5.75 Å². The summed E-state index contributed by atoms with van der Waals surface area (Å²) in [5.41, 5.74) is 0.224. The fourth-order valence-corrected chi connectivity index (χ4v) is 1.73. The number of phenolic OH excluding ortho intramolecular Hbond substituents is 1. The summed E-state index contributed by atoms with van der Waals surface area (Å²) in [5.74, 6) is -3.42. The van der Waals surface area contributed by atoms with Gasteiger partial charge in [-0.3, -0.25) is 14.6 Å².